The molecule has 0 radical (unpaired) electrons. The largest absolute Gasteiger partial charge is 0.338 e. The lowest BCUT2D eigenvalue weighted by Crippen LogP contribution is -2.53. The summed E-state index contributed by atoms with van der Waals surface area (Å²) in [5, 5.41) is 4.32. The summed E-state index contributed by atoms with van der Waals surface area (Å²) >= 11 is 3.45. The number of carbonyl (C=O) groups is 1. The molecule has 5 nitrogen and oxygen atoms in total. The van der Waals surface area contributed by atoms with Crippen LogP contribution < -0.4 is 5.73 Å². The highest BCUT2D eigenvalue weighted by atomic mass is 79.9. The summed E-state index contributed by atoms with van der Waals surface area (Å²) in [5.74, 6) is 0.0196. The minimum absolute atomic E-state index is 0.0196. The summed E-state index contributed by atoms with van der Waals surface area (Å²) in [6, 6.07) is 7.95. The monoisotopic (exact) mass is 376 g/mol. The number of nitrogens with two attached hydrogens (primary N) is 1. The Bertz CT molecular complexity index is 725. The predicted molar refractivity (Wildman–Crippen MR) is 93.5 cm³/mol. The third-order valence-corrected chi connectivity index (χ3v) is 4.99. The average Bonchev–Trinajstić information content (AvgIpc) is 2.99. The summed E-state index contributed by atoms with van der Waals surface area (Å²) in [6.07, 6.45) is 4.24. The quantitative estimate of drug-likeness (QED) is 0.876. The first-order valence-electron chi connectivity index (χ1n) is 7.72. The number of nitrogens with zero attached hydrogens (tertiary/aromatic N) is 3. The van der Waals surface area contributed by atoms with Crippen LogP contribution in [-0.4, -0.2) is 39.7 Å². The lowest BCUT2D eigenvalue weighted by molar-refractivity contribution is 0.0533. The van der Waals surface area contributed by atoms with Crippen LogP contribution in [0.3, 0.4) is 0 Å². The highest BCUT2D eigenvalue weighted by Crippen LogP contribution is 2.28. The number of amides is 1. The predicted octanol–water partition coefficient (Wildman–Crippen LogP) is 2.83. The van der Waals surface area contributed by atoms with Gasteiger partial charge >= 0.3 is 0 Å². The number of halogens is 1. The summed E-state index contributed by atoms with van der Waals surface area (Å²) in [4.78, 5) is 14.6. The Morgan fingerprint density at radius 3 is 2.91 bits per heavy atom. The topological polar surface area (TPSA) is 64.2 Å². The second-order valence-corrected chi connectivity index (χ2v) is 7.68. The normalized spacial score (nSPS) is 20.5. The fourth-order valence-electron chi connectivity index (χ4n) is 2.92. The first-order valence-corrected chi connectivity index (χ1v) is 8.51. The number of hydrogen-bond donors (Lipinski definition) is 1. The lowest BCUT2D eigenvalue weighted by atomic mass is 9.79. The van der Waals surface area contributed by atoms with Crippen molar-refractivity contribution < 1.29 is 4.79 Å². The standard InChI is InChI=1S/C17H21BrN4O/c1-17(2)11-21(7-6-15(17)19)16(23)12-9-20-22(10-12)14-5-3-4-13(18)8-14/h3-5,8-10,15H,6-7,11,19H2,1-2H3. The Kier molecular flexibility index (Phi) is 4.29. The number of aromatic nitrogens is 2. The molecule has 1 aliphatic rings. The van der Waals surface area contributed by atoms with Crippen LogP contribution in [0.5, 0.6) is 0 Å². The fourth-order valence-corrected chi connectivity index (χ4v) is 3.31. The van der Waals surface area contributed by atoms with Crippen molar-refractivity contribution in [1.29, 1.82) is 0 Å². The molecule has 6 heteroatoms. The van der Waals surface area contributed by atoms with Gasteiger partial charge in [0.15, 0.2) is 0 Å². The third kappa shape index (κ3) is 3.33. The molecule has 3 rings (SSSR count). The van der Waals surface area contributed by atoms with Gasteiger partial charge in [-0.1, -0.05) is 35.8 Å². The van der Waals surface area contributed by atoms with Crippen molar-refractivity contribution in [2.75, 3.05) is 13.1 Å². The van der Waals surface area contributed by atoms with E-state index in [2.05, 4.69) is 34.9 Å². The summed E-state index contributed by atoms with van der Waals surface area (Å²) in [7, 11) is 0. The Balaban J connectivity index is 1.79. The van der Waals surface area contributed by atoms with Crippen molar-refractivity contribution in [3.05, 3.63) is 46.7 Å². The van der Waals surface area contributed by atoms with E-state index in [1.807, 2.05) is 29.2 Å². The molecule has 1 fully saturated rings. The van der Waals surface area contributed by atoms with Crippen molar-refractivity contribution in [2.24, 2.45) is 11.1 Å². The first-order chi connectivity index (χ1) is 10.9. The Hall–Kier alpha value is -1.66. The molecular weight excluding hydrogens is 356 g/mol. The van der Waals surface area contributed by atoms with Gasteiger partial charge in [0.25, 0.3) is 5.91 Å². The maximum atomic E-state index is 12.7. The molecule has 2 aromatic rings. The molecule has 0 bridgehead atoms. The fraction of sp³-hybridized carbons (Fsp3) is 0.412. The molecule has 2 N–H and O–H groups in total. The van der Waals surface area contributed by atoms with E-state index >= 15 is 0 Å². The molecule has 1 amide bonds. The van der Waals surface area contributed by atoms with Gasteiger partial charge in [0.1, 0.15) is 0 Å². The van der Waals surface area contributed by atoms with Crippen molar-refractivity contribution in [1.82, 2.24) is 14.7 Å². The van der Waals surface area contributed by atoms with Gasteiger partial charge in [0.2, 0.25) is 0 Å². The van der Waals surface area contributed by atoms with Crippen LogP contribution in [0.25, 0.3) is 5.69 Å². The van der Waals surface area contributed by atoms with Crippen LogP contribution in [0, 0.1) is 5.41 Å². The molecule has 23 heavy (non-hydrogen) atoms. The second kappa shape index (κ2) is 6.09. The van der Waals surface area contributed by atoms with Gasteiger partial charge in [-0.2, -0.15) is 5.10 Å². The van der Waals surface area contributed by atoms with E-state index in [0.717, 1.165) is 16.6 Å². The molecule has 1 atom stereocenters. The van der Waals surface area contributed by atoms with E-state index in [1.165, 1.54) is 0 Å². The Labute approximate surface area is 144 Å². The third-order valence-electron chi connectivity index (χ3n) is 4.50. The molecule has 1 aliphatic heterocycles. The smallest absolute Gasteiger partial charge is 0.257 e. The zero-order chi connectivity index (χ0) is 16.6. The molecule has 122 valence electrons. The van der Waals surface area contributed by atoms with E-state index in [0.29, 0.717) is 18.7 Å². The molecule has 0 aliphatic carbocycles. The van der Waals surface area contributed by atoms with Crippen LogP contribution in [0.4, 0.5) is 0 Å². The number of rotatable bonds is 2. The van der Waals surface area contributed by atoms with Crippen LogP contribution in [-0.2, 0) is 0 Å². The molecule has 0 spiro atoms. The molecule has 1 aromatic carbocycles. The van der Waals surface area contributed by atoms with E-state index in [4.69, 9.17) is 5.73 Å². The second-order valence-electron chi connectivity index (χ2n) is 6.76. The van der Waals surface area contributed by atoms with Gasteiger partial charge in [-0.3, -0.25) is 4.79 Å². The molecular formula is C17H21BrN4O. The van der Waals surface area contributed by atoms with E-state index in [1.54, 1.807) is 17.1 Å². The molecule has 2 heterocycles. The van der Waals surface area contributed by atoms with Gasteiger partial charge in [-0.15, -0.1) is 0 Å². The molecule has 0 saturated carbocycles. The zero-order valence-electron chi connectivity index (χ0n) is 13.4. The number of benzene rings is 1. The van der Waals surface area contributed by atoms with Crippen LogP contribution in [0.2, 0.25) is 0 Å². The van der Waals surface area contributed by atoms with E-state index in [-0.39, 0.29) is 17.4 Å². The molecule has 1 aromatic heterocycles. The summed E-state index contributed by atoms with van der Waals surface area (Å²) in [6.45, 7) is 5.60. The van der Waals surface area contributed by atoms with Gasteiger partial charge in [-0.25, -0.2) is 4.68 Å². The summed E-state index contributed by atoms with van der Waals surface area (Å²) < 4.78 is 2.70. The van der Waals surface area contributed by atoms with Crippen molar-refractivity contribution in [3.63, 3.8) is 0 Å². The van der Waals surface area contributed by atoms with Gasteiger partial charge in [0.05, 0.1) is 17.4 Å². The first kappa shape index (κ1) is 16.2. The van der Waals surface area contributed by atoms with Crippen molar-refractivity contribution >= 4 is 21.8 Å². The molecule has 1 unspecified atom stereocenters. The summed E-state index contributed by atoms with van der Waals surface area (Å²) in [5.41, 5.74) is 7.61. The minimum Gasteiger partial charge on any atom is -0.338 e. The minimum atomic E-state index is -0.0613. The van der Waals surface area contributed by atoms with Crippen LogP contribution in [0.15, 0.2) is 41.1 Å². The SMILES string of the molecule is CC1(C)CN(C(=O)c2cnn(-c3cccc(Br)c3)c2)CCC1N. The highest BCUT2D eigenvalue weighted by Gasteiger charge is 2.35. The Morgan fingerprint density at radius 2 is 2.22 bits per heavy atom. The number of piperidine rings is 1. The highest BCUT2D eigenvalue weighted by molar-refractivity contribution is 9.10. The molecule has 1 saturated heterocycles. The number of carbonyl (C=O) groups excluding carboxylic acids is 1. The van der Waals surface area contributed by atoms with Gasteiger partial charge in [-0.05, 0) is 30.0 Å². The maximum Gasteiger partial charge on any atom is 0.257 e. The van der Waals surface area contributed by atoms with Crippen molar-refractivity contribution in [2.45, 2.75) is 26.3 Å². The van der Waals surface area contributed by atoms with Crippen LogP contribution >= 0.6 is 15.9 Å². The number of likely N-dealkylation sites (tertiary alicyclic amines) is 1. The van der Waals surface area contributed by atoms with Gasteiger partial charge < -0.3 is 10.6 Å². The average molecular weight is 377 g/mol. The van der Waals surface area contributed by atoms with Crippen molar-refractivity contribution in [3.8, 4) is 5.69 Å². The van der Waals surface area contributed by atoms with Crippen LogP contribution in [0.1, 0.15) is 30.6 Å². The Morgan fingerprint density at radius 1 is 1.43 bits per heavy atom. The number of hydrogen-bond acceptors (Lipinski definition) is 3. The van der Waals surface area contributed by atoms with E-state index < -0.39 is 0 Å². The van der Waals surface area contributed by atoms with Gasteiger partial charge in [0, 0.05) is 29.8 Å². The maximum absolute atomic E-state index is 12.7. The van der Waals surface area contributed by atoms with E-state index in [9.17, 15) is 4.79 Å². The lowest BCUT2D eigenvalue weighted by Gasteiger charge is -2.42. The zero-order valence-corrected chi connectivity index (χ0v) is 15.0.